The van der Waals surface area contributed by atoms with E-state index in [1.165, 1.54) is 38.6 Å². The molecule has 0 amide bonds. The van der Waals surface area contributed by atoms with Crippen LogP contribution in [-0.2, 0) is 0 Å². The van der Waals surface area contributed by atoms with Crippen molar-refractivity contribution in [1.82, 2.24) is 10.2 Å². The quantitative estimate of drug-likeness (QED) is 0.655. The van der Waals surface area contributed by atoms with E-state index in [0.29, 0.717) is 6.04 Å². The van der Waals surface area contributed by atoms with Gasteiger partial charge in [-0.2, -0.15) is 0 Å². The largest absolute Gasteiger partial charge is 0.394 e. The van der Waals surface area contributed by atoms with Crippen molar-refractivity contribution in [2.24, 2.45) is 0 Å². The molecule has 0 aromatic heterocycles. The van der Waals surface area contributed by atoms with Crippen LogP contribution < -0.4 is 5.32 Å². The van der Waals surface area contributed by atoms with Crippen LogP contribution in [0.15, 0.2) is 0 Å². The number of aliphatic hydroxyl groups is 1. The number of nitrogens with one attached hydrogen (secondary N) is 1. The number of nitrogens with zero attached hydrogens (tertiary/aromatic N) is 1. The molecule has 0 bridgehead atoms. The number of unbranched alkanes of at least 4 members (excludes halogenated alkanes) is 2. The van der Waals surface area contributed by atoms with E-state index in [9.17, 15) is 5.11 Å². The minimum atomic E-state index is -0.0172. The van der Waals surface area contributed by atoms with Crippen molar-refractivity contribution in [3.63, 3.8) is 0 Å². The van der Waals surface area contributed by atoms with Gasteiger partial charge in [0.25, 0.3) is 0 Å². The molecule has 0 aliphatic heterocycles. The molecule has 1 aliphatic carbocycles. The van der Waals surface area contributed by atoms with E-state index in [0.717, 1.165) is 19.4 Å². The van der Waals surface area contributed by atoms with Gasteiger partial charge in [-0.1, -0.05) is 26.7 Å². The molecule has 1 fully saturated rings. The van der Waals surface area contributed by atoms with Gasteiger partial charge in [0.05, 0.1) is 6.61 Å². The summed E-state index contributed by atoms with van der Waals surface area (Å²) in [5.74, 6) is 0. The van der Waals surface area contributed by atoms with Gasteiger partial charge >= 0.3 is 0 Å². The maximum absolute atomic E-state index is 9.71. The molecule has 0 spiro atoms. The van der Waals surface area contributed by atoms with E-state index >= 15 is 0 Å². The third kappa shape index (κ3) is 4.52. The average molecular weight is 256 g/mol. The van der Waals surface area contributed by atoms with Crippen LogP contribution in [0.25, 0.3) is 0 Å². The molecule has 0 radical (unpaired) electrons. The SMILES string of the molecule is CCCCCN(C)C1CCCC(CO)(NCC)C1. The summed E-state index contributed by atoms with van der Waals surface area (Å²) in [6.45, 7) is 6.81. The topological polar surface area (TPSA) is 35.5 Å². The summed E-state index contributed by atoms with van der Waals surface area (Å²) in [4.78, 5) is 2.51. The van der Waals surface area contributed by atoms with Crippen molar-refractivity contribution in [3.8, 4) is 0 Å². The van der Waals surface area contributed by atoms with Gasteiger partial charge in [0.2, 0.25) is 0 Å². The Bertz CT molecular complexity index is 219. The lowest BCUT2D eigenvalue weighted by Gasteiger charge is -2.43. The van der Waals surface area contributed by atoms with Gasteiger partial charge in [-0.15, -0.1) is 0 Å². The molecule has 1 aliphatic rings. The predicted molar refractivity (Wildman–Crippen MR) is 77.9 cm³/mol. The summed E-state index contributed by atoms with van der Waals surface area (Å²) >= 11 is 0. The zero-order valence-electron chi connectivity index (χ0n) is 12.5. The van der Waals surface area contributed by atoms with Crippen molar-refractivity contribution >= 4 is 0 Å². The Kier molecular flexibility index (Phi) is 7.20. The first kappa shape index (κ1) is 15.9. The van der Waals surface area contributed by atoms with Crippen LogP contribution >= 0.6 is 0 Å². The van der Waals surface area contributed by atoms with Crippen LogP contribution in [0.4, 0.5) is 0 Å². The molecular formula is C15H32N2O. The summed E-state index contributed by atoms with van der Waals surface area (Å²) in [7, 11) is 2.25. The predicted octanol–water partition coefficient (Wildman–Crippen LogP) is 2.39. The zero-order valence-corrected chi connectivity index (χ0v) is 12.5. The second kappa shape index (κ2) is 8.13. The highest BCUT2D eigenvalue weighted by molar-refractivity contribution is 4.95. The Balaban J connectivity index is 2.46. The Labute approximate surface area is 113 Å². The number of hydrogen-bond donors (Lipinski definition) is 2. The standard InChI is InChI=1S/C15H32N2O/c1-4-6-7-11-17(3)14-9-8-10-15(12-14,13-18)16-5-2/h14,16,18H,4-13H2,1-3H3. The van der Waals surface area contributed by atoms with Gasteiger partial charge < -0.3 is 15.3 Å². The van der Waals surface area contributed by atoms with E-state index < -0.39 is 0 Å². The molecule has 2 N–H and O–H groups in total. The van der Waals surface area contributed by atoms with E-state index in [2.05, 4.69) is 31.1 Å². The van der Waals surface area contributed by atoms with Crippen molar-refractivity contribution in [2.45, 2.75) is 70.4 Å². The van der Waals surface area contributed by atoms with Gasteiger partial charge in [0, 0.05) is 11.6 Å². The molecule has 108 valence electrons. The highest BCUT2D eigenvalue weighted by atomic mass is 16.3. The summed E-state index contributed by atoms with van der Waals surface area (Å²) in [5, 5.41) is 13.2. The van der Waals surface area contributed by atoms with E-state index in [4.69, 9.17) is 0 Å². The number of aliphatic hydroxyl groups excluding tert-OH is 1. The summed E-state index contributed by atoms with van der Waals surface area (Å²) < 4.78 is 0. The Morgan fingerprint density at radius 2 is 2.11 bits per heavy atom. The monoisotopic (exact) mass is 256 g/mol. The van der Waals surface area contributed by atoms with Crippen LogP contribution in [0, 0.1) is 0 Å². The zero-order chi connectivity index (χ0) is 13.4. The highest BCUT2D eigenvalue weighted by Crippen LogP contribution is 2.30. The molecule has 0 heterocycles. The van der Waals surface area contributed by atoms with Gasteiger partial charge in [-0.3, -0.25) is 0 Å². The molecule has 1 rings (SSSR count). The second-order valence-corrected chi connectivity index (χ2v) is 5.91. The Morgan fingerprint density at radius 3 is 2.72 bits per heavy atom. The second-order valence-electron chi connectivity index (χ2n) is 5.91. The van der Waals surface area contributed by atoms with Gasteiger partial charge in [-0.05, 0) is 52.2 Å². The van der Waals surface area contributed by atoms with E-state index in [1.807, 2.05) is 0 Å². The molecule has 2 unspecified atom stereocenters. The van der Waals surface area contributed by atoms with Crippen LogP contribution in [0.3, 0.4) is 0 Å². The van der Waals surface area contributed by atoms with Crippen molar-refractivity contribution < 1.29 is 5.11 Å². The third-order valence-corrected chi connectivity index (χ3v) is 4.41. The van der Waals surface area contributed by atoms with Gasteiger partial charge in [0.1, 0.15) is 0 Å². The van der Waals surface area contributed by atoms with Crippen molar-refractivity contribution in [1.29, 1.82) is 0 Å². The minimum Gasteiger partial charge on any atom is -0.394 e. The van der Waals surface area contributed by atoms with E-state index in [-0.39, 0.29) is 12.1 Å². The Morgan fingerprint density at radius 1 is 1.33 bits per heavy atom. The molecule has 0 saturated heterocycles. The summed E-state index contributed by atoms with van der Waals surface area (Å²) in [6, 6.07) is 0.641. The minimum absolute atomic E-state index is 0.0172. The average Bonchev–Trinajstić information content (AvgIpc) is 2.39. The summed E-state index contributed by atoms with van der Waals surface area (Å²) in [6.07, 6.45) is 8.66. The van der Waals surface area contributed by atoms with Crippen LogP contribution in [0.2, 0.25) is 0 Å². The number of hydrogen-bond acceptors (Lipinski definition) is 3. The van der Waals surface area contributed by atoms with Crippen LogP contribution in [0.1, 0.15) is 58.8 Å². The lowest BCUT2D eigenvalue weighted by atomic mass is 9.79. The first-order chi connectivity index (χ1) is 8.67. The van der Waals surface area contributed by atoms with Crippen LogP contribution in [-0.4, -0.2) is 48.3 Å². The first-order valence-corrected chi connectivity index (χ1v) is 7.73. The molecule has 1 saturated carbocycles. The van der Waals surface area contributed by atoms with Crippen LogP contribution in [0.5, 0.6) is 0 Å². The van der Waals surface area contributed by atoms with Gasteiger partial charge in [-0.25, -0.2) is 0 Å². The molecule has 3 heteroatoms. The lowest BCUT2D eigenvalue weighted by molar-refractivity contribution is 0.0702. The Hall–Kier alpha value is -0.120. The normalized spacial score (nSPS) is 28.8. The molecule has 0 aromatic rings. The molecule has 0 aromatic carbocycles. The number of likely N-dealkylation sites (N-methyl/N-ethyl adjacent to an activating group) is 1. The molecular weight excluding hydrogens is 224 g/mol. The fourth-order valence-corrected chi connectivity index (χ4v) is 3.24. The maximum atomic E-state index is 9.71. The molecule has 3 nitrogen and oxygen atoms in total. The lowest BCUT2D eigenvalue weighted by Crippen LogP contribution is -2.55. The van der Waals surface area contributed by atoms with E-state index in [1.54, 1.807) is 0 Å². The highest BCUT2D eigenvalue weighted by Gasteiger charge is 2.36. The molecule has 18 heavy (non-hydrogen) atoms. The fraction of sp³-hybridized carbons (Fsp3) is 1.00. The smallest absolute Gasteiger partial charge is 0.0613 e. The summed E-state index contributed by atoms with van der Waals surface area (Å²) in [5.41, 5.74) is -0.0172. The van der Waals surface area contributed by atoms with Crippen molar-refractivity contribution in [2.75, 3.05) is 26.7 Å². The number of rotatable bonds is 8. The fourth-order valence-electron chi connectivity index (χ4n) is 3.24. The van der Waals surface area contributed by atoms with Gasteiger partial charge in [0.15, 0.2) is 0 Å². The maximum Gasteiger partial charge on any atom is 0.0613 e. The third-order valence-electron chi connectivity index (χ3n) is 4.41. The first-order valence-electron chi connectivity index (χ1n) is 7.73. The molecule has 2 atom stereocenters. The van der Waals surface area contributed by atoms with Crippen molar-refractivity contribution in [3.05, 3.63) is 0 Å².